The van der Waals surface area contributed by atoms with Crippen LogP contribution < -0.4 is 4.90 Å². The van der Waals surface area contributed by atoms with Crippen LogP contribution >= 0.6 is 15.9 Å². The minimum atomic E-state index is 0.822. The first-order valence-corrected chi connectivity index (χ1v) is 5.12. The second-order valence-electron chi connectivity index (χ2n) is 3.07. The van der Waals surface area contributed by atoms with Gasteiger partial charge in [0, 0.05) is 28.2 Å². The summed E-state index contributed by atoms with van der Waals surface area (Å²) in [6.07, 6.45) is 1.15. The zero-order chi connectivity index (χ0) is 9.10. The summed E-state index contributed by atoms with van der Waals surface area (Å²) in [7, 11) is 0. The Balaban J connectivity index is 2.21. The summed E-state index contributed by atoms with van der Waals surface area (Å²) in [5.41, 5.74) is 2.79. The average Bonchev–Trinajstić information content (AvgIpc) is 2.58. The van der Waals surface area contributed by atoms with Crippen molar-refractivity contribution in [2.75, 3.05) is 18.0 Å². The van der Waals surface area contributed by atoms with Crippen LogP contribution in [0, 0.1) is 10.8 Å². The molecule has 0 N–H and O–H groups in total. The number of hydrogen-bond donors (Lipinski definition) is 0. The summed E-state index contributed by atoms with van der Waals surface area (Å²) in [5, 5.41) is 0. The number of halogens is 1. The predicted octanol–water partition coefficient (Wildman–Crippen LogP) is 2.40. The van der Waals surface area contributed by atoms with E-state index in [2.05, 4.69) is 55.8 Å². The molecular weight excluding hydrogens is 226 g/mol. The smallest absolute Gasteiger partial charge is 0.0803 e. The molecule has 0 saturated heterocycles. The second-order valence-corrected chi connectivity index (χ2v) is 3.47. The van der Waals surface area contributed by atoms with E-state index in [0.717, 1.165) is 19.5 Å². The van der Waals surface area contributed by atoms with E-state index in [9.17, 15) is 0 Å². The fourth-order valence-electron chi connectivity index (χ4n) is 1.70. The van der Waals surface area contributed by atoms with E-state index in [1.54, 1.807) is 0 Å². The van der Waals surface area contributed by atoms with E-state index >= 15 is 0 Å². The van der Waals surface area contributed by atoms with Gasteiger partial charge in [-0.15, -0.1) is 0 Å². The Hall–Kier alpha value is -0.940. The van der Waals surface area contributed by atoms with Crippen LogP contribution in [0.5, 0.6) is 0 Å². The second kappa shape index (κ2) is 3.85. The first-order chi connectivity index (χ1) is 6.42. The van der Waals surface area contributed by atoms with E-state index < -0.39 is 0 Å². The molecule has 0 spiro atoms. The topological polar surface area (TPSA) is 3.24 Å². The van der Waals surface area contributed by atoms with Crippen molar-refractivity contribution in [2.45, 2.75) is 6.42 Å². The molecule has 1 heterocycles. The summed E-state index contributed by atoms with van der Waals surface area (Å²) in [4.78, 5) is 5.06. The third-order valence-corrected chi connectivity index (χ3v) is 2.60. The summed E-state index contributed by atoms with van der Waals surface area (Å²) >= 11 is 3.11. The molecule has 0 saturated carbocycles. The minimum absolute atomic E-state index is 0.822. The Kier molecular flexibility index (Phi) is 2.56. The molecule has 2 heteroatoms. The van der Waals surface area contributed by atoms with Crippen molar-refractivity contribution in [3.63, 3.8) is 0 Å². The summed E-state index contributed by atoms with van der Waals surface area (Å²) in [6, 6.07) is 8.53. The first kappa shape index (κ1) is 8.65. The molecule has 0 radical (unpaired) electrons. The van der Waals surface area contributed by atoms with Gasteiger partial charge in [0.05, 0.1) is 6.54 Å². The van der Waals surface area contributed by atoms with Crippen molar-refractivity contribution in [1.29, 1.82) is 0 Å². The molecule has 0 aromatic heterocycles. The Morgan fingerprint density at radius 3 is 3.08 bits per heavy atom. The van der Waals surface area contributed by atoms with Crippen molar-refractivity contribution >= 4 is 21.6 Å². The Morgan fingerprint density at radius 2 is 2.23 bits per heavy atom. The van der Waals surface area contributed by atoms with Crippen LogP contribution in [0.1, 0.15) is 5.56 Å². The molecular formula is C11H10BrN. The zero-order valence-corrected chi connectivity index (χ0v) is 8.84. The van der Waals surface area contributed by atoms with Gasteiger partial charge in [-0.3, -0.25) is 0 Å². The number of para-hydroxylation sites is 1. The molecule has 0 aliphatic carbocycles. The lowest BCUT2D eigenvalue weighted by Gasteiger charge is -2.15. The van der Waals surface area contributed by atoms with Crippen molar-refractivity contribution in [3.8, 4) is 10.8 Å². The maximum atomic E-state index is 3.11. The van der Waals surface area contributed by atoms with Crippen molar-refractivity contribution in [1.82, 2.24) is 0 Å². The van der Waals surface area contributed by atoms with Crippen molar-refractivity contribution in [3.05, 3.63) is 29.8 Å². The van der Waals surface area contributed by atoms with Gasteiger partial charge in [0.2, 0.25) is 0 Å². The van der Waals surface area contributed by atoms with Crippen molar-refractivity contribution < 1.29 is 0 Å². The molecule has 0 fully saturated rings. The summed E-state index contributed by atoms with van der Waals surface area (Å²) in [5.74, 6) is 3.02. The van der Waals surface area contributed by atoms with Gasteiger partial charge in [-0.05, 0) is 22.9 Å². The van der Waals surface area contributed by atoms with Crippen molar-refractivity contribution in [2.24, 2.45) is 0 Å². The first-order valence-electron chi connectivity index (χ1n) is 4.33. The van der Waals surface area contributed by atoms with Crippen LogP contribution in [-0.2, 0) is 6.42 Å². The summed E-state index contributed by atoms with van der Waals surface area (Å²) < 4.78 is 0. The summed E-state index contributed by atoms with van der Waals surface area (Å²) in [6.45, 7) is 1.92. The number of nitrogens with zero attached hydrogens (tertiary/aromatic N) is 1. The minimum Gasteiger partial charge on any atom is -0.360 e. The van der Waals surface area contributed by atoms with Gasteiger partial charge in [0.25, 0.3) is 0 Å². The molecule has 1 aromatic rings. The number of rotatable bonds is 1. The van der Waals surface area contributed by atoms with Crippen LogP contribution in [0.2, 0.25) is 0 Å². The molecule has 0 amide bonds. The van der Waals surface area contributed by atoms with Crippen LogP contribution in [0.15, 0.2) is 24.3 Å². The highest BCUT2D eigenvalue weighted by molar-refractivity contribution is 9.12. The van der Waals surface area contributed by atoms with Crippen LogP contribution in [0.3, 0.4) is 0 Å². The highest BCUT2D eigenvalue weighted by Gasteiger charge is 2.16. The Bertz CT molecular complexity index is 362. The molecule has 0 atom stereocenters. The van der Waals surface area contributed by atoms with Gasteiger partial charge in [-0.1, -0.05) is 24.1 Å². The predicted molar refractivity (Wildman–Crippen MR) is 59.1 cm³/mol. The lowest BCUT2D eigenvalue weighted by Crippen LogP contribution is -2.20. The van der Waals surface area contributed by atoms with Gasteiger partial charge < -0.3 is 4.90 Å². The lowest BCUT2D eigenvalue weighted by molar-refractivity contribution is 0.914. The molecule has 2 rings (SSSR count). The maximum Gasteiger partial charge on any atom is 0.0803 e. The largest absolute Gasteiger partial charge is 0.360 e. The SMILES string of the molecule is BrC#CCN1CCc2ccccc21. The standard InChI is InChI=1S/C11H10BrN/c12-7-3-8-13-9-6-10-4-1-2-5-11(10)13/h1-2,4-5H,6,8-9H2. The van der Waals surface area contributed by atoms with Gasteiger partial charge in [-0.25, -0.2) is 0 Å². The fraction of sp³-hybridized carbons (Fsp3) is 0.273. The van der Waals surface area contributed by atoms with Gasteiger partial charge in [0.15, 0.2) is 0 Å². The number of benzene rings is 1. The van der Waals surface area contributed by atoms with Gasteiger partial charge in [0.1, 0.15) is 0 Å². The molecule has 1 aliphatic heterocycles. The molecule has 0 unspecified atom stereocenters. The quantitative estimate of drug-likeness (QED) is 0.677. The average molecular weight is 236 g/mol. The van der Waals surface area contributed by atoms with E-state index in [1.165, 1.54) is 11.3 Å². The molecule has 1 aliphatic rings. The Morgan fingerprint density at radius 1 is 1.38 bits per heavy atom. The zero-order valence-electron chi connectivity index (χ0n) is 7.26. The fourth-order valence-corrected chi connectivity index (χ4v) is 1.82. The molecule has 1 aromatic carbocycles. The third kappa shape index (κ3) is 1.71. The number of fused-ring (bicyclic) bond motifs is 1. The van der Waals surface area contributed by atoms with Crippen LogP contribution in [-0.4, -0.2) is 13.1 Å². The van der Waals surface area contributed by atoms with E-state index in [-0.39, 0.29) is 0 Å². The normalized spacial score (nSPS) is 13.5. The van der Waals surface area contributed by atoms with Crippen LogP contribution in [0.4, 0.5) is 5.69 Å². The number of hydrogen-bond acceptors (Lipinski definition) is 1. The van der Waals surface area contributed by atoms with E-state index in [4.69, 9.17) is 0 Å². The molecule has 13 heavy (non-hydrogen) atoms. The van der Waals surface area contributed by atoms with Gasteiger partial charge >= 0.3 is 0 Å². The van der Waals surface area contributed by atoms with E-state index in [1.807, 2.05) is 0 Å². The monoisotopic (exact) mass is 235 g/mol. The Labute approximate surface area is 86.9 Å². The third-order valence-electron chi connectivity index (χ3n) is 2.32. The van der Waals surface area contributed by atoms with E-state index in [0.29, 0.717) is 0 Å². The highest BCUT2D eigenvalue weighted by atomic mass is 79.9. The maximum absolute atomic E-state index is 3.11. The molecule has 0 bridgehead atoms. The van der Waals surface area contributed by atoms with Gasteiger partial charge in [-0.2, -0.15) is 0 Å². The number of anilines is 1. The van der Waals surface area contributed by atoms with Crippen LogP contribution in [0.25, 0.3) is 0 Å². The molecule has 1 nitrogen and oxygen atoms in total. The lowest BCUT2D eigenvalue weighted by atomic mass is 10.2. The molecule has 66 valence electrons. The highest BCUT2D eigenvalue weighted by Crippen LogP contribution is 2.26.